The summed E-state index contributed by atoms with van der Waals surface area (Å²) in [6, 6.07) is 18.0. The standard InChI is InChI=1S/C25H26ClN5O3/c1-32-11-10-31-23-12-19(29-20-15-33-16-20)5-8-22(23)30-25(31)28-13-17-2-6-21(7-3-17)34-24-9-4-18(26)14-27-24/h2-9,12,14,20,29H,10-11,13,15-16H2,1H3,(H,28,30). The Balaban J connectivity index is 1.28. The van der Waals surface area contributed by atoms with Gasteiger partial charge < -0.3 is 29.4 Å². The number of pyridine rings is 1. The molecule has 4 aromatic rings. The zero-order chi connectivity index (χ0) is 23.3. The van der Waals surface area contributed by atoms with Gasteiger partial charge in [-0.25, -0.2) is 9.97 Å². The lowest BCUT2D eigenvalue weighted by Gasteiger charge is -2.27. The van der Waals surface area contributed by atoms with Gasteiger partial charge in [0, 0.05) is 38.1 Å². The molecule has 0 unspecified atom stereocenters. The number of nitrogens with zero attached hydrogens (tertiary/aromatic N) is 3. The van der Waals surface area contributed by atoms with Crippen molar-refractivity contribution in [3.63, 3.8) is 0 Å². The predicted octanol–water partition coefficient (Wildman–Crippen LogP) is 4.95. The fourth-order valence-corrected chi connectivity index (χ4v) is 3.82. The van der Waals surface area contributed by atoms with Gasteiger partial charge in [-0.05, 0) is 42.0 Å². The van der Waals surface area contributed by atoms with Crippen LogP contribution in [0.5, 0.6) is 11.6 Å². The average molecular weight is 480 g/mol. The highest BCUT2D eigenvalue weighted by Crippen LogP contribution is 2.26. The van der Waals surface area contributed by atoms with Gasteiger partial charge >= 0.3 is 0 Å². The Bertz CT molecular complexity index is 1240. The van der Waals surface area contributed by atoms with Crippen LogP contribution in [0.25, 0.3) is 11.0 Å². The Morgan fingerprint density at radius 1 is 1.12 bits per heavy atom. The van der Waals surface area contributed by atoms with Crippen LogP contribution >= 0.6 is 11.6 Å². The molecule has 2 aromatic heterocycles. The van der Waals surface area contributed by atoms with E-state index in [9.17, 15) is 0 Å². The SMILES string of the molecule is COCCn1c(NCc2ccc(Oc3ccc(Cl)cn3)cc2)nc2ccc(NC3COC3)cc21. The Morgan fingerprint density at radius 2 is 1.97 bits per heavy atom. The fraction of sp³-hybridized carbons (Fsp3) is 0.280. The lowest BCUT2D eigenvalue weighted by atomic mass is 10.2. The second-order valence-corrected chi connectivity index (χ2v) is 8.51. The number of hydrogen-bond acceptors (Lipinski definition) is 7. The van der Waals surface area contributed by atoms with Crippen LogP contribution in [0, 0.1) is 0 Å². The summed E-state index contributed by atoms with van der Waals surface area (Å²) < 4.78 is 18.5. The zero-order valence-electron chi connectivity index (χ0n) is 18.8. The van der Waals surface area contributed by atoms with Crippen LogP contribution in [0.4, 0.5) is 11.6 Å². The smallest absolute Gasteiger partial charge is 0.219 e. The summed E-state index contributed by atoms with van der Waals surface area (Å²) >= 11 is 5.88. The van der Waals surface area contributed by atoms with Crippen molar-refractivity contribution in [2.24, 2.45) is 0 Å². The molecule has 8 nitrogen and oxygen atoms in total. The van der Waals surface area contributed by atoms with E-state index < -0.39 is 0 Å². The van der Waals surface area contributed by atoms with Crippen molar-refractivity contribution in [1.82, 2.24) is 14.5 Å². The summed E-state index contributed by atoms with van der Waals surface area (Å²) in [5.41, 5.74) is 4.17. The monoisotopic (exact) mass is 479 g/mol. The molecule has 1 aliphatic heterocycles. The van der Waals surface area contributed by atoms with Gasteiger partial charge in [-0.3, -0.25) is 0 Å². The van der Waals surface area contributed by atoms with E-state index in [1.807, 2.05) is 30.3 Å². The summed E-state index contributed by atoms with van der Waals surface area (Å²) in [4.78, 5) is 8.97. The quantitative estimate of drug-likeness (QED) is 0.333. The summed E-state index contributed by atoms with van der Waals surface area (Å²) in [6.45, 7) is 3.41. The van der Waals surface area contributed by atoms with Crippen LogP contribution in [0.15, 0.2) is 60.8 Å². The maximum Gasteiger partial charge on any atom is 0.219 e. The lowest BCUT2D eigenvalue weighted by Crippen LogP contribution is -2.40. The second kappa shape index (κ2) is 10.3. The molecule has 176 valence electrons. The van der Waals surface area contributed by atoms with Gasteiger partial charge in [0.1, 0.15) is 5.75 Å². The van der Waals surface area contributed by atoms with Crippen LogP contribution < -0.4 is 15.4 Å². The van der Waals surface area contributed by atoms with Crippen molar-refractivity contribution >= 4 is 34.3 Å². The number of imidazole rings is 1. The molecule has 1 saturated heterocycles. The summed E-state index contributed by atoms with van der Waals surface area (Å²) in [5.74, 6) is 2.02. The van der Waals surface area contributed by atoms with Crippen LogP contribution in [-0.4, -0.2) is 47.5 Å². The Morgan fingerprint density at radius 3 is 2.68 bits per heavy atom. The summed E-state index contributed by atoms with van der Waals surface area (Å²) in [7, 11) is 1.71. The molecule has 0 amide bonds. The van der Waals surface area contributed by atoms with E-state index in [0.717, 1.165) is 41.4 Å². The van der Waals surface area contributed by atoms with E-state index in [1.165, 1.54) is 0 Å². The first kappa shape index (κ1) is 22.5. The number of methoxy groups -OCH3 is 1. The molecule has 2 aromatic carbocycles. The van der Waals surface area contributed by atoms with Crippen LogP contribution in [0.2, 0.25) is 5.02 Å². The van der Waals surface area contributed by atoms with E-state index in [0.29, 0.717) is 42.4 Å². The molecule has 0 atom stereocenters. The number of fused-ring (bicyclic) bond motifs is 1. The third-order valence-corrected chi connectivity index (χ3v) is 5.80. The van der Waals surface area contributed by atoms with E-state index in [4.69, 9.17) is 30.8 Å². The molecule has 1 aliphatic rings. The highest BCUT2D eigenvalue weighted by atomic mass is 35.5. The van der Waals surface area contributed by atoms with E-state index in [2.05, 4.69) is 32.3 Å². The number of aromatic nitrogens is 3. The minimum Gasteiger partial charge on any atom is -0.439 e. The van der Waals surface area contributed by atoms with Crippen LogP contribution in [0.3, 0.4) is 0 Å². The first-order valence-electron chi connectivity index (χ1n) is 11.1. The van der Waals surface area contributed by atoms with Crippen molar-refractivity contribution in [1.29, 1.82) is 0 Å². The largest absolute Gasteiger partial charge is 0.439 e. The molecule has 0 saturated carbocycles. The van der Waals surface area contributed by atoms with Gasteiger partial charge in [0.25, 0.3) is 0 Å². The second-order valence-electron chi connectivity index (χ2n) is 8.08. The third kappa shape index (κ3) is 5.25. The van der Waals surface area contributed by atoms with E-state index in [1.54, 1.807) is 25.4 Å². The zero-order valence-corrected chi connectivity index (χ0v) is 19.6. The van der Waals surface area contributed by atoms with Gasteiger partial charge in [-0.15, -0.1) is 0 Å². The Hall–Kier alpha value is -3.33. The van der Waals surface area contributed by atoms with Gasteiger partial charge in [0.05, 0.1) is 41.9 Å². The maximum atomic E-state index is 5.88. The molecule has 34 heavy (non-hydrogen) atoms. The molecule has 0 aliphatic carbocycles. The number of benzene rings is 2. The topological polar surface area (TPSA) is 82.5 Å². The molecular weight excluding hydrogens is 454 g/mol. The summed E-state index contributed by atoms with van der Waals surface area (Å²) in [5, 5.41) is 7.55. The molecule has 9 heteroatoms. The van der Waals surface area contributed by atoms with E-state index >= 15 is 0 Å². The number of halogens is 1. The minimum absolute atomic E-state index is 0.368. The van der Waals surface area contributed by atoms with Crippen molar-refractivity contribution < 1.29 is 14.2 Å². The highest BCUT2D eigenvalue weighted by molar-refractivity contribution is 6.30. The Kier molecular flexibility index (Phi) is 6.80. The molecule has 5 rings (SSSR count). The molecule has 0 radical (unpaired) electrons. The van der Waals surface area contributed by atoms with Crippen molar-refractivity contribution in [3.8, 4) is 11.6 Å². The van der Waals surface area contributed by atoms with Crippen molar-refractivity contribution in [2.75, 3.05) is 37.6 Å². The van der Waals surface area contributed by atoms with Gasteiger partial charge in [0.15, 0.2) is 0 Å². The van der Waals surface area contributed by atoms with E-state index in [-0.39, 0.29) is 0 Å². The van der Waals surface area contributed by atoms with Crippen LogP contribution in [-0.2, 0) is 22.6 Å². The highest BCUT2D eigenvalue weighted by Gasteiger charge is 2.18. The predicted molar refractivity (Wildman–Crippen MR) is 133 cm³/mol. The number of ether oxygens (including phenoxy) is 3. The average Bonchev–Trinajstić information content (AvgIpc) is 3.17. The molecule has 2 N–H and O–H groups in total. The first-order valence-corrected chi connectivity index (χ1v) is 11.5. The number of anilines is 2. The maximum absolute atomic E-state index is 5.88. The van der Waals surface area contributed by atoms with Crippen molar-refractivity contribution in [2.45, 2.75) is 19.1 Å². The first-order chi connectivity index (χ1) is 16.7. The number of rotatable bonds is 10. The number of hydrogen-bond donors (Lipinski definition) is 2. The molecule has 0 bridgehead atoms. The molecule has 1 fully saturated rings. The van der Waals surface area contributed by atoms with Gasteiger partial charge in [-0.2, -0.15) is 0 Å². The van der Waals surface area contributed by atoms with Crippen LogP contribution in [0.1, 0.15) is 5.56 Å². The minimum atomic E-state index is 0.368. The normalized spacial score (nSPS) is 13.6. The number of nitrogens with one attached hydrogen (secondary N) is 2. The molecule has 3 heterocycles. The molecule has 0 spiro atoms. The van der Waals surface area contributed by atoms with Gasteiger partial charge in [-0.1, -0.05) is 23.7 Å². The molecular formula is C25H26ClN5O3. The lowest BCUT2D eigenvalue weighted by molar-refractivity contribution is 0.0211. The fourth-order valence-electron chi connectivity index (χ4n) is 3.71. The Labute approximate surface area is 202 Å². The third-order valence-electron chi connectivity index (χ3n) is 5.57. The van der Waals surface area contributed by atoms with Crippen molar-refractivity contribution in [3.05, 3.63) is 71.4 Å². The summed E-state index contributed by atoms with van der Waals surface area (Å²) in [6.07, 6.45) is 1.56. The van der Waals surface area contributed by atoms with Gasteiger partial charge in [0.2, 0.25) is 11.8 Å².